The first-order valence-corrected chi connectivity index (χ1v) is 14.2. The van der Waals surface area contributed by atoms with Crippen LogP contribution in [0.2, 0.25) is 5.02 Å². The molecule has 1 fully saturated rings. The molecule has 0 bridgehead atoms. The monoisotopic (exact) mass is 543 g/mol. The van der Waals surface area contributed by atoms with Gasteiger partial charge in [-0.2, -0.15) is 4.98 Å². The van der Waals surface area contributed by atoms with Crippen molar-refractivity contribution in [2.75, 3.05) is 41.3 Å². The Bertz CT molecular complexity index is 1390. The second kappa shape index (κ2) is 11.3. The highest BCUT2D eigenvalue weighted by Crippen LogP contribution is 2.26. The second-order valence-electron chi connectivity index (χ2n) is 8.97. The minimum absolute atomic E-state index is 0.0217. The first-order valence-electron chi connectivity index (χ1n) is 11.9. The summed E-state index contributed by atoms with van der Waals surface area (Å²) in [5.74, 6) is 1.01. The number of amides is 1. The fourth-order valence-corrected chi connectivity index (χ4v) is 4.67. The third-order valence-corrected chi connectivity index (χ3v) is 7.67. The average molecular weight is 544 g/mol. The van der Waals surface area contributed by atoms with Crippen molar-refractivity contribution in [2.24, 2.45) is 0 Å². The van der Waals surface area contributed by atoms with Gasteiger partial charge in [0, 0.05) is 49.7 Å². The zero-order valence-electron chi connectivity index (χ0n) is 21.0. The summed E-state index contributed by atoms with van der Waals surface area (Å²) in [5, 5.41) is 6.64. The normalized spacial score (nSPS) is 13.8. The van der Waals surface area contributed by atoms with E-state index in [1.165, 1.54) is 19.4 Å². The Labute approximate surface area is 222 Å². The zero-order valence-corrected chi connectivity index (χ0v) is 22.6. The Morgan fingerprint density at radius 1 is 1.16 bits per heavy atom. The summed E-state index contributed by atoms with van der Waals surface area (Å²) in [6, 6.07) is 9.06. The fraction of sp³-hybridized carbons (Fsp3) is 0.360. The molecule has 0 atom stereocenters. The van der Waals surface area contributed by atoms with E-state index in [9.17, 15) is 13.2 Å². The molecule has 196 valence electrons. The maximum Gasteiger partial charge on any atom is 0.253 e. The molecule has 2 aromatic heterocycles. The molecule has 0 spiro atoms. The van der Waals surface area contributed by atoms with Crippen molar-refractivity contribution in [3.63, 3.8) is 0 Å². The maximum absolute atomic E-state index is 13.0. The summed E-state index contributed by atoms with van der Waals surface area (Å²) in [6.07, 6.45) is 7.35. The minimum Gasteiger partial charge on any atom is -0.364 e. The number of hydrogen-bond acceptors (Lipinski definition) is 8. The molecule has 1 amide bonds. The van der Waals surface area contributed by atoms with Gasteiger partial charge in [0.25, 0.3) is 5.91 Å². The number of carbonyl (C=O) groups is 1. The van der Waals surface area contributed by atoms with E-state index in [4.69, 9.17) is 11.6 Å². The van der Waals surface area contributed by atoms with Gasteiger partial charge in [-0.05, 0) is 49.9 Å². The Morgan fingerprint density at radius 3 is 2.65 bits per heavy atom. The number of anilines is 4. The van der Waals surface area contributed by atoms with Gasteiger partial charge in [-0.3, -0.25) is 9.10 Å². The lowest BCUT2D eigenvalue weighted by atomic mass is 10.1. The first kappa shape index (κ1) is 26.6. The molecule has 0 radical (unpaired) electrons. The molecule has 12 heteroatoms. The molecule has 0 saturated carbocycles. The van der Waals surface area contributed by atoms with Gasteiger partial charge >= 0.3 is 0 Å². The Balaban J connectivity index is 1.52. The van der Waals surface area contributed by atoms with Crippen LogP contribution < -0.4 is 14.9 Å². The summed E-state index contributed by atoms with van der Waals surface area (Å²) < 4.78 is 25.1. The molecule has 10 nitrogen and oxygen atoms in total. The van der Waals surface area contributed by atoms with E-state index in [1.807, 2.05) is 30.0 Å². The van der Waals surface area contributed by atoms with Gasteiger partial charge in [-0.25, -0.2) is 18.4 Å². The molecule has 1 aliphatic heterocycles. The van der Waals surface area contributed by atoms with E-state index < -0.39 is 10.0 Å². The van der Waals surface area contributed by atoms with Gasteiger partial charge in [0.15, 0.2) is 5.82 Å². The molecular weight excluding hydrogens is 514 g/mol. The standard InChI is InChI=1S/C25H30ClN7O3S/c1-17-9-10-18(24(34)33-12-5-4-6-13-33)14-21(17)30-25-29-16-20(26)22(31-25)28-15-19-8-7-11-27-23(19)32(2)37(3,35)36/h7-11,14,16H,4-6,12-13,15H2,1-3H3,(H2,28,29,30,31). The van der Waals surface area contributed by atoms with Crippen molar-refractivity contribution in [3.05, 3.63) is 64.4 Å². The number of sulfonamides is 1. The van der Waals surface area contributed by atoms with E-state index in [-0.39, 0.29) is 12.5 Å². The summed E-state index contributed by atoms with van der Waals surface area (Å²) >= 11 is 6.34. The molecule has 1 saturated heterocycles. The summed E-state index contributed by atoms with van der Waals surface area (Å²) in [5.41, 5.74) is 2.92. The average Bonchev–Trinajstić information content (AvgIpc) is 2.89. The van der Waals surface area contributed by atoms with Crippen LogP contribution in [-0.4, -0.2) is 60.6 Å². The SMILES string of the molecule is Cc1ccc(C(=O)N2CCCCC2)cc1Nc1ncc(Cl)c(NCc2cccnc2N(C)S(C)(=O)=O)n1. The lowest BCUT2D eigenvalue weighted by Gasteiger charge is -2.27. The van der Waals surface area contributed by atoms with Gasteiger partial charge < -0.3 is 15.5 Å². The molecule has 3 heterocycles. The number of benzene rings is 1. The second-order valence-corrected chi connectivity index (χ2v) is 11.4. The van der Waals surface area contributed by atoms with Gasteiger partial charge in [0.1, 0.15) is 10.8 Å². The number of aryl methyl sites for hydroxylation is 1. The summed E-state index contributed by atoms with van der Waals surface area (Å²) in [4.78, 5) is 27.9. The first-order chi connectivity index (χ1) is 17.6. The van der Waals surface area contributed by atoms with Crippen molar-refractivity contribution >= 4 is 50.8 Å². The van der Waals surface area contributed by atoms with Crippen LogP contribution in [-0.2, 0) is 16.6 Å². The minimum atomic E-state index is -3.48. The van der Waals surface area contributed by atoms with Crippen molar-refractivity contribution in [3.8, 4) is 0 Å². The molecule has 0 unspecified atom stereocenters. The molecule has 3 aromatic rings. The van der Waals surface area contributed by atoms with Crippen molar-refractivity contribution < 1.29 is 13.2 Å². The van der Waals surface area contributed by atoms with E-state index >= 15 is 0 Å². The maximum atomic E-state index is 13.0. The Kier molecular flexibility index (Phi) is 8.13. The topological polar surface area (TPSA) is 120 Å². The Hall–Kier alpha value is -3.44. The molecule has 1 aromatic carbocycles. The largest absolute Gasteiger partial charge is 0.364 e. The molecule has 1 aliphatic rings. The predicted octanol–water partition coefficient (Wildman–Crippen LogP) is 4.21. The highest BCUT2D eigenvalue weighted by molar-refractivity contribution is 7.92. The number of rotatable bonds is 8. The summed E-state index contributed by atoms with van der Waals surface area (Å²) in [7, 11) is -2.03. The van der Waals surface area contributed by atoms with Gasteiger partial charge in [-0.15, -0.1) is 0 Å². The molecule has 4 rings (SSSR count). The lowest BCUT2D eigenvalue weighted by Crippen LogP contribution is -2.35. The van der Waals surface area contributed by atoms with Crippen LogP contribution in [0.4, 0.5) is 23.3 Å². The zero-order chi connectivity index (χ0) is 26.6. The van der Waals surface area contributed by atoms with E-state index in [0.29, 0.717) is 33.7 Å². The van der Waals surface area contributed by atoms with Gasteiger partial charge in [0.2, 0.25) is 16.0 Å². The number of halogens is 1. The van der Waals surface area contributed by atoms with Crippen LogP contribution in [0.25, 0.3) is 0 Å². The van der Waals surface area contributed by atoms with E-state index in [0.717, 1.165) is 54.2 Å². The lowest BCUT2D eigenvalue weighted by molar-refractivity contribution is 0.0724. The quantitative estimate of drug-likeness (QED) is 0.433. The van der Waals surface area contributed by atoms with Gasteiger partial charge in [0.05, 0.1) is 12.5 Å². The van der Waals surface area contributed by atoms with Gasteiger partial charge in [-0.1, -0.05) is 23.7 Å². The van der Waals surface area contributed by atoms with E-state index in [1.54, 1.807) is 12.1 Å². The van der Waals surface area contributed by atoms with Crippen molar-refractivity contribution in [2.45, 2.75) is 32.7 Å². The van der Waals surface area contributed by atoms with Crippen LogP contribution in [0.5, 0.6) is 0 Å². The number of hydrogen-bond donors (Lipinski definition) is 2. The number of pyridine rings is 1. The third-order valence-electron chi connectivity index (χ3n) is 6.23. The number of carbonyl (C=O) groups excluding carboxylic acids is 1. The van der Waals surface area contributed by atoms with Crippen LogP contribution in [0.1, 0.15) is 40.7 Å². The third kappa shape index (κ3) is 6.47. The highest BCUT2D eigenvalue weighted by atomic mass is 35.5. The molecule has 2 N–H and O–H groups in total. The molecular formula is C25H30ClN7O3S. The number of piperidine rings is 1. The van der Waals surface area contributed by atoms with Crippen LogP contribution in [0, 0.1) is 6.92 Å². The smallest absolute Gasteiger partial charge is 0.253 e. The highest BCUT2D eigenvalue weighted by Gasteiger charge is 2.20. The molecule has 0 aliphatic carbocycles. The predicted molar refractivity (Wildman–Crippen MR) is 146 cm³/mol. The fourth-order valence-electron chi connectivity index (χ4n) is 4.03. The number of likely N-dealkylation sites (tertiary alicyclic amines) is 1. The summed E-state index contributed by atoms with van der Waals surface area (Å²) in [6.45, 7) is 3.74. The molecule has 37 heavy (non-hydrogen) atoms. The number of nitrogens with zero attached hydrogens (tertiary/aromatic N) is 5. The van der Waals surface area contributed by atoms with Crippen LogP contribution >= 0.6 is 11.6 Å². The Morgan fingerprint density at radius 2 is 1.92 bits per heavy atom. The van der Waals surface area contributed by atoms with Crippen LogP contribution in [0.15, 0.2) is 42.7 Å². The van der Waals surface area contributed by atoms with E-state index in [2.05, 4.69) is 25.6 Å². The van der Waals surface area contributed by atoms with Crippen LogP contribution in [0.3, 0.4) is 0 Å². The van der Waals surface area contributed by atoms with Crippen molar-refractivity contribution in [1.82, 2.24) is 19.9 Å². The van der Waals surface area contributed by atoms with Crippen molar-refractivity contribution in [1.29, 1.82) is 0 Å². The number of aromatic nitrogens is 3. The number of nitrogens with one attached hydrogen (secondary N) is 2.